The number of nitrogens with two attached hydrogens (primary N) is 1. The van der Waals surface area contributed by atoms with Crippen molar-refractivity contribution < 1.29 is 12.8 Å². The van der Waals surface area contributed by atoms with Gasteiger partial charge in [0, 0.05) is 0 Å². The molecule has 0 atom stereocenters. The molecule has 3 nitrogen and oxygen atoms in total. The fraction of sp³-hybridized carbons (Fsp3) is 0.571. The molecule has 0 aliphatic heterocycles. The Morgan fingerprint density at radius 3 is 1.47 bits per heavy atom. The largest absolute Gasteiger partial charge is 0.238 e. The Labute approximate surface area is 115 Å². The second-order valence-electron chi connectivity index (χ2n) is 6.88. The monoisotopic (exact) mass is 287 g/mol. The lowest BCUT2D eigenvalue weighted by Crippen LogP contribution is -2.23. The number of benzene rings is 1. The zero-order valence-electron chi connectivity index (χ0n) is 12.3. The first-order valence-corrected chi connectivity index (χ1v) is 7.66. The van der Waals surface area contributed by atoms with Crippen LogP contribution in [0.3, 0.4) is 0 Å². The van der Waals surface area contributed by atoms with Crippen molar-refractivity contribution in [3.05, 3.63) is 29.1 Å². The summed E-state index contributed by atoms with van der Waals surface area (Å²) in [5.74, 6) is -0.354. The van der Waals surface area contributed by atoms with Gasteiger partial charge >= 0.3 is 0 Å². The van der Waals surface area contributed by atoms with Crippen LogP contribution in [0.5, 0.6) is 0 Å². The van der Waals surface area contributed by atoms with Gasteiger partial charge < -0.3 is 0 Å². The summed E-state index contributed by atoms with van der Waals surface area (Å²) in [5, 5.41) is 5.18. The quantitative estimate of drug-likeness (QED) is 0.863. The molecule has 19 heavy (non-hydrogen) atoms. The summed E-state index contributed by atoms with van der Waals surface area (Å²) in [5.41, 5.74) is -0.261. The fourth-order valence-corrected chi connectivity index (χ4v) is 2.42. The van der Waals surface area contributed by atoms with Crippen LogP contribution in [0.2, 0.25) is 0 Å². The summed E-state index contributed by atoms with van der Waals surface area (Å²) < 4.78 is 37.7. The van der Waals surface area contributed by atoms with E-state index in [-0.39, 0.29) is 10.7 Å². The number of sulfonamides is 1. The van der Waals surface area contributed by atoms with E-state index in [0.717, 1.165) is 0 Å². The molecule has 0 aliphatic rings. The lowest BCUT2D eigenvalue weighted by Gasteiger charge is -2.27. The van der Waals surface area contributed by atoms with E-state index in [1.54, 1.807) is 0 Å². The van der Waals surface area contributed by atoms with Crippen LogP contribution >= 0.6 is 0 Å². The van der Waals surface area contributed by atoms with Crippen molar-refractivity contribution in [1.82, 2.24) is 0 Å². The van der Waals surface area contributed by atoms with E-state index in [1.165, 1.54) is 12.1 Å². The molecule has 0 aromatic heterocycles. The predicted octanol–water partition coefficient (Wildman–Crippen LogP) is 3.07. The minimum Gasteiger partial charge on any atom is -0.225 e. The van der Waals surface area contributed by atoms with Crippen molar-refractivity contribution in [3.63, 3.8) is 0 Å². The zero-order valence-corrected chi connectivity index (χ0v) is 13.2. The molecule has 5 heteroatoms. The molecule has 2 N–H and O–H groups in total. The van der Waals surface area contributed by atoms with Gasteiger partial charge in [-0.2, -0.15) is 0 Å². The van der Waals surface area contributed by atoms with Gasteiger partial charge in [0.15, 0.2) is 0 Å². The average Bonchev–Trinajstić information content (AvgIpc) is 2.11. The SMILES string of the molecule is CC(C)(C)c1cc(S(N)(=O)=O)cc(C(C)(C)C)c1F. The Morgan fingerprint density at radius 2 is 1.26 bits per heavy atom. The van der Waals surface area contributed by atoms with E-state index in [9.17, 15) is 12.8 Å². The van der Waals surface area contributed by atoms with Gasteiger partial charge in [-0.25, -0.2) is 17.9 Å². The highest BCUT2D eigenvalue weighted by molar-refractivity contribution is 7.89. The Balaban J connectivity index is 3.78. The number of hydrogen-bond donors (Lipinski definition) is 1. The smallest absolute Gasteiger partial charge is 0.225 e. The summed E-state index contributed by atoms with van der Waals surface area (Å²) in [6, 6.07) is 2.67. The van der Waals surface area contributed by atoms with Crippen molar-refractivity contribution in [2.24, 2.45) is 5.14 Å². The Morgan fingerprint density at radius 1 is 0.947 bits per heavy atom. The van der Waals surface area contributed by atoms with Crippen LogP contribution in [0.25, 0.3) is 0 Å². The second kappa shape index (κ2) is 4.56. The highest BCUT2D eigenvalue weighted by Crippen LogP contribution is 2.34. The van der Waals surface area contributed by atoms with Gasteiger partial charge in [-0.3, -0.25) is 0 Å². The van der Waals surface area contributed by atoms with Crippen LogP contribution in [0.15, 0.2) is 17.0 Å². The highest BCUT2D eigenvalue weighted by Gasteiger charge is 2.28. The Bertz CT molecular complexity index is 558. The molecule has 0 saturated carbocycles. The van der Waals surface area contributed by atoms with Crippen LogP contribution in [-0.2, 0) is 20.9 Å². The maximum absolute atomic E-state index is 14.6. The van der Waals surface area contributed by atoms with Crippen LogP contribution in [0.4, 0.5) is 4.39 Å². The van der Waals surface area contributed by atoms with E-state index in [1.807, 2.05) is 41.5 Å². The van der Waals surface area contributed by atoms with Crippen molar-refractivity contribution in [2.45, 2.75) is 57.3 Å². The second-order valence-corrected chi connectivity index (χ2v) is 8.44. The maximum Gasteiger partial charge on any atom is 0.238 e. The van der Waals surface area contributed by atoms with E-state index in [0.29, 0.717) is 11.1 Å². The van der Waals surface area contributed by atoms with Gasteiger partial charge in [-0.05, 0) is 34.1 Å². The molecule has 108 valence electrons. The van der Waals surface area contributed by atoms with Gasteiger partial charge in [0.25, 0.3) is 0 Å². The maximum atomic E-state index is 14.6. The Kier molecular flexibility index (Phi) is 3.87. The first-order chi connectivity index (χ1) is 8.24. The predicted molar refractivity (Wildman–Crippen MR) is 75.2 cm³/mol. The molecule has 1 aromatic rings. The molecule has 0 amide bonds. The molecule has 1 rings (SSSR count). The lowest BCUT2D eigenvalue weighted by atomic mass is 9.80. The number of primary sulfonamides is 1. The number of rotatable bonds is 1. The van der Waals surface area contributed by atoms with Crippen molar-refractivity contribution in [2.75, 3.05) is 0 Å². The Hall–Kier alpha value is -0.940. The minimum atomic E-state index is -3.85. The molecule has 1 aromatic carbocycles. The van der Waals surface area contributed by atoms with Gasteiger partial charge in [-0.1, -0.05) is 41.5 Å². The van der Waals surface area contributed by atoms with E-state index in [2.05, 4.69) is 0 Å². The van der Waals surface area contributed by atoms with E-state index >= 15 is 0 Å². The van der Waals surface area contributed by atoms with Gasteiger partial charge in [0.2, 0.25) is 10.0 Å². The average molecular weight is 287 g/mol. The third-order valence-corrected chi connectivity index (χ3v) is 3.88. The van der Waals surface area contributed by atoms with Crippen molar-refractivity contribution in [3.8, 4) is 0 Å². The van der Waals surface area contributed by atoms with Gasteiger partial charge in [-0.15, -0.1) is 0 Å². The van der Waals surface area contributed by atoms with Crippen molar-refractivity contribution >= 4 is 10.0 Å². The fourth-order valence-electron chi connectivity index (χ4n) is 1.85. The molecule has 0 heterocycles. The van der Waals surface area contributed by atoms with Crippen LogP contribution in [0.1, 0.15) is 52.7 Å². The third kappa shape index (κ3) is 3.54. The number of hydrogen-bond acceptors (Lipinski definition) is 2. The summed E-state index contributed by atoms with van der Waals surface area (Å²) in [7, 11) is -3.85. The molecule has 0 radical (unpaired) electrons. The van der Waals surface area contributed by atoms with Gasteiger partial charge in [0.05, 0.1) is 4.90 Å². The molecule has 0 saturated heterocycles. The van der Waals surface area contributed by atoms with Crippen molar-refractivity contribution in [1.29, 1.82) is 0 Å². The molecule has 0 bridgehead atoms. The summed E-state index contributed by atoms with van der Waals surface area (Å²) in [6.45, 7) is 11.0. The zero-order chi connectivity index (χ0) is 15.2. The molecule has 0 spiro atoms. The first kappa shape index (κ1) is 16.1. The first-order valence-electron chi connectivity index (χ1n) is 6.12. The number of halogens is 1. The minimum absolute atomic E-state index is 0.0382. The third-order valence-electron chi connectivity index (χ3n) is 2.99. The van der Waals surface area contributed by atoms with Gasteiger partial charge in [0.1, 0.15) is 5.82 Å². The molecule has 0 aliphatic carbocycles. The lowest BCUT2D eigenvalue weighted by molar-refractivity contribution is 0.478. The molecular formula is C14H22FNO2S. The molecule has 0 unspecified atom stereocenters. The normalized spacial score (nSPS) is 13.7. The molecular weight excluding hydrogens is 265 g/mol. The van der Waals surface area contributed by atoms with E-state index in [4.69, 9.17) is 5.14 Å². The topological polar surface area (TPSA) is 60.2 Å². The standard InChI is InChI=1S/C14H22FNO2S/c1-13(2,3)10-7-9(19(16,17)18)8-11(12(10)15)14(4,5)6/h7-8H,1-6H3,(H2,16,17,18). The van der Waals surface area contributed by atoms with E-state index < -0.39 is 20.9 Å². The summed E-state index contributed by atoms with van der Waals surface area (Å²) in [4.78, 5) is -0.0382. The molecule has 0 fully saturated rings. The summed E-state index contributed by atoms with van der Waals surface area (Å²) in [6.07, 6.45) is 0. The van der Waals surface area contributed by atoms with Crippen LogP contribution in [0, 0.1) is 5.82 Å². The van der Waals surface area contributed by atoms with Crippen LogP contribution < -0.4 is 5.14 Å². The highest BCUT2D eigenvalue weighted by atomic mass is 32.2. The summed E-state index contributed by atoms with van der Waals surface area (Å²) >= 11 is 0. The van der Waals surface area contributed by atoms with Crippen LogP contribution in [-0.4, -0.2) is 8.42 Å².